The molecule has 4 heterocycles. The summed E-state index contributed by atoms with van der Waals surface area (Å²) < 4.78 is 137. The van der Waals surface area contributed by atoms with Gasteiger partial charge in [0.15, 0.2) is 25.0 Å². The van der Waals surface area contributed by atoms with Crippen molar-refractivity contribution < 1.29 is 61.0 Å². The molecule has 0 bridgehead atoms. The van der Waals surface area contributed by atoms with E-state index in [1.165, 1.54) is 0 Å². The molecular formula is C45H48N4O12S8-2. The molecule has 0 aliphatic carbocycles. The molecule has 69 heavy (non-hydrogen) atoms. The van der Waals surface area contributed by atoms with Gasteiger partial charge in [0, 0.05) is 76.4 Å². The Balaban J connectivity index is 0.000000204. The van der Waals surface area contributed by atoms with Crippen LogP contribution in [0.4, 0.5) is 11.4 Å². The van der Waals surface area contributed by atoms with E-state index in [0.717, 1.165) is 78.2 Å². The summed E-state index contributed by atoms with van der Waals surface area (Å²) in [5.41, 5.74) is 2.96. The van der Waals surface area contributed by atoms with Crippen molar-refractivity contribution in [1.29, 1.82) is 0 Å². The zero-order chi connectivity index (χ0) is 49.9. The molecule has 4 aromatic carbocycles. The van der Waals surface area contributed by atoms with Gasteiger partial charge >= 0.3 is 0 Å². The normalized spacial score (nSPS) is 15.3. The molecule has 6 aromatic rings. The van der Waals surface area contributed by atoms with Crippen molar-refractivity contribution in [2.24, 2.45) is 0 Å². The second-order valence-electron chi connectivity index (χ2n) is 16.3. The monoisotopic (exact) mass is 1090 g/mol. The minimum absolute atomic E-state index is 0.191. The zero-order valence-electron chi connectivity index (χ0n) is 37.6. The van der Waals surface area contributed by atoms with E-state index in [2.05, 4.69) is 9.80 Å². The number of fused-ring (bicyclic) bond motifs is 6. The average Bonchev–Trinajstić information content (AvgIpc) is 3.98. The molecule has 0 spiro atoms. The van der Waals surface area contributed by atoms with Crippen LogP contribution in [0.2, 0.25) is 0 Å². The predicted molar refractivity (Wildman–Crippen MR) is 270 cm³/mol. The van der Waals surface area contributed by atoms with Gasteiger partial charge in [0.2, 0.25) is 0 Å². The lowest BCUT2D eigenvalue weighted by atomic mass is 10.1. The van der Waals surface area contributed by atoms with Gasteiger partial charge < -0.3 is 28.0 Å². The fraction of sp³-hybridized carbons (Fsp3) is 0.333. The lowest BCUT2D eigenvalue weighted by molar-refractivity contribution is -0.699. The van der Waals surface area contributed by atoms with Crippen molar-refractivity contribution in [2.75, 3.05) is 45.9 Å². The molecule has 2 aliphatic rings. The first-order chi connectivity index (χ1) is 32.4. The summed E-state index contributed by atoms with van der Waals surface area (Å²) in [6.45, 7) is 7.41. The predicted octanol–water partition coefficient (Wildman–Crippen LogP) is 6.87. The zero-order valence-corrected chi connectivity index (χ0v) is 44.1. The van der Waals surface area contributed by atoms with Crippen molar-refractivity contribution in [3.8, 4) is 0 Å². The maximum Gasteiger partial charge on any atom is 0.264 e. The van der Waals surface area contributed by atoms with Gasteiger partial charge in [-0.25, -0.2) is 33.7 Å². The number of anilines is 2. The van der Waals surface area contributed by atoms with Crippen LogP contribution >= 0.6 is 46.2 Å². The largest absolute Gasteiger partial charge is 0.748 e. The number of aromatic nitrogens is 2. The van der Waals surface area contributed by atoms with E-state index in [-0.39, 0.29) is 25.7 Å². The van der Waals surface area contributed by atoms with Gasteiger partial charge in [-0.2, -0.15) is 9.13 Å². The molecule has 0 radical (unpaired) electrons. The van der Waals surface area contributed by atoms with Crippen LogP contribution in [0.5, 0.6) is 0 Å². The third-order valence-electron chi connectivity index (χ3n) is 11.2. The van der Waals surface area contributed by atoms with Gasteiger partial charge in [0.05, 0.1) is 83.8 Å². The first-order valence-corrected chi connectivity index (χ1v) is 31.1. The van der Waals surface area contributed by atoms with Crippen LogP contribution in [0.25, 0.3) is 33.7 Å². The molecule has 2 aliphatic heterocycles. The Bertz CT molecular complexity index is 3420. The van der Waals surface area contributed by atoms with Crippen molar-refractivity contribution in [1.82, 2.24) is 0 Å². The third kappa shape index (κ3) is 14.2. The van der Waals surface area contributed by atoms with Crippen molar-refractivity contribution in [2.45, 2.75) is 69.3 Å². The molecule has 0 N–H and O–H groups in total. The fourth-order valence-corrected chi connectivity index (χ4v) is 14.5. The van der Waals surface area contributed by atoms with E-state index in [4.69, 9.17) is 0 Å². The molecule has 2 aromatic heterocycles. The minimum atomic E-state index is -4.32. The van der Waals surface area contributed by atoms with Crippen molar-refractivity contribution in [3.63, 3.8) is 0 Å². The summed E-state index contributed by atoms with van der Waals surface area (Å²) in [6.07, 6.45) is 6.74. The standard InChI is InChI=1S/C23H26N2O6S4.C22H24N2O6S4/c1-16-17(2)32-21(24(16)11-5-13-34(26,27)28)15-22-25(12-6-14-35(29,30)31)23-19-8-4-3-7-18(19)9-10-20(23)33-22;1-16-15-23(10-4-12-33(25,26)27)20(31-16)14-21-24(11-5-13-34(28,29)30)22-18-7-3-2-6-17(18)8-9-19(22)32-21/h3-4,7-10,15H,5-6,11-14H2,1-2H3,(H-,26,27,28,29,30,31);2-3,6-9,14-15H,4-5,10-13H2,1H3,(H-,25,26,27,28,29,30)/p-2. The highest BCUT2D eigenvalue weighted by atomic mass is 32.2. The molecule has 0 atom stereocenters. The second-order valence-corrected chi connectivity index (χ2v) is 27.0. The summed E-state index contributed by atoms with van der Waals surface area (Å²) in [5, 5.41) is 7.78. The molecule has 8 rings (SSSR count). The maximum atomic E-state index is 11.2. The Labute approximate surface area is 419 Å². The van der Waals surface area contributed by atoms with Gasteiger partial charge in [-0.1, -0.05) is 107 Å². The van der Waals surface area contributed by atoms with E-state index in [0.29, 0.717) is 26.2 Å². The number of hydrogen-bond donors (Lipinski definition) is 0. The van der Waals surface area contributed by atoms with Gasteiger partial charge in [-0.3, -0.25) is 0 Å². The first kappa shape index (κ1) is 52.9. The molecule has 0 amide bonds. The Kier molecular flexibility index (Phi) is 16.7. The number of nitrogens with zero attached hydrogens (tertiary/aromatic N) is 4. The highest BCUT2D eigenvalue weighted by Crippen LogP contribution is 2.51. The Morgan fingerprint density at radius 2 is 0.971 bits per heavy atom. The number of hydrogen-bond acceptors (Lipinski definition) is 18. The van der Waals surface area contributed by atoms with Gasteiger partial charge in [-0.15, -0.1) is 0 Å². The van der Waals surface area contributed by atoms with Crippen LogP contribution in [0.3, 0.4) is 0 Å². The highest BCUT2D eigenvalue weighted by Gasteiger charge is 2.31. The first-order valence-electron chi connectivity index (χ1n) is 21.5. The highest BCUT2D eigenvalue weighted by molar-refractivity contribution is 8.04. The quantitative estimate of drug-likeness (QED) is 0.0630. The van der Waals surface area contributed by atoms with E-state index >= 15 is 0 Å². The van der Waals surface area contributed by atoms with E-state index in [9.17, 15) is 51.9 Å². The lowest BCUT2D eigenvalue weighted by Crippen LogP contribution is -2.38. The number of benzene rings is 4. The van der Waals surface area contributed by atoms with E-state index in [1.54, 1.807) is 46.2 Å². The Morgan fingerprint density at radius 1 is 0.536 bits per heavy atom. The Hall–Kier alpha value is -3.92. The molecule has 24 heteroatoms. The minimum Gasteiger partial charge on any atom is -0.748 e. The summed E-state index contributed by atoms with van der Waals surface area (Å²) in [5.74, 6) is -1.73. The van der Waals surface area contributed by atoms with Crippen LogP contribution in [0, 0.1) is 20.8 Å². The van der Waals surface area contributed by atoms with Crippen molar-refractivity contribution >= 4 is 132 Å². The molecular weight excluding hydrogens is 1050 g/mol. The van der Waals surface area contributed by atoms with Crippen LogP contribution in [-0.4, -0.2) is 88.0 Å². The fourth-order valence-electron chi connectivity index (χ4n) is 8.07. The van der Waals surface area contributed by atoms with Crippen LogP contribution < -0.4 is 18.9 Å². The van der Waals surface area contributed by atoms with E-state index in [1.807, 2.05) is 121 Å². The van der Waals surface area contributed by atoms with Gasteiger partial charge in [-0.05, 0) is 49.6 Å². The SMILES string of the molecule is Cc1c[n+](CCCS(=O)(=O)[O-])c(C=C2Sc3ccc4ccccc4c3N2CCCS(=O)(=O)[O-])s1.Cc1sc(C=C2Sc3ccc4ccccc4c3N2CCCS(=O)(=O)[O-])[n+](CCCS(=O)(=O)[O-])c1C. The maximum absolute atomic E-state index is 11.2. The summed E-state index contributed by atoms with van der Waals surface area (Å²) >= 11 is 6.25. The third-order valence-corrected chi connectivity index (χ3v) is 18.7. The topological polar surface area (TPSA) is 243 Å². The second kappa shape index (κ2) is 21.8. The molecule has 0 saturated carbocycles. The number of thiazole rings is 2. The lowest BCUT2D eigenvalue weighted by Gasteiger charge is -2.22. The number of aryl methyl sites for hydroxylation is 3. The smallest absolute Gasteiger partial charge is 0.264 e. The molecule has 16 nitrogen and oxygen atoms in total. The van der Waals surface area contributed by atoms with Crippen LogP contribution in [0.1, 0.15) is 51.1 Å². The van der Waals surface area contributed by atoms with Gasteiger partial charge in [0.1, 0.15) is 0 Å². The van der Waals surface area contributed by atoms with Crippen LogP contribution in [0.15, 0.2) is 98.8 Å². The summed E-state index contributed by atoms with van der Waals surface area (Å²) in [7, 11) is -17.2. The van der Waals surface area contributed by atoms with Gasteiger partial charge in [0.25, 0.3) is 10.0 Å². The molecule has 0 fully saturated rings. The molecule has 370 valence electrons. The van der Waals surface area contributed by atoms with E-state index < -0.39 is 63.5 Å². The molecule has 0 saturated heterocycles. The molecule has 0 unspecified atom stereocenters. The van der Waals surface area contributed by atoms with Crippen molar-refractivity contribution in [3.05, 3.63) is 115 Å². The van der Waals surface area contributed by atoms with Crippen LogP contribution in [-0.2, 0) is 53.6 Å². The summed E-state index contributed by atoms with van der Waals surface area (Å²) in [6, 6.07) is 24.1. The summed E-state index contributed by atoms with van der Waals surface area (Å²) in [4.78, 5) is 8.30. The average molecular weight is 1090 g/mol. The Morgan fingerprint density at radius 3 is 1.45 bits per heavy atom. The number of thioether (sulfide) groups is 2. The number of rotatable bonds is 18.